The van der Waals surface area contributed by atoms with Gasteiger partial charge < -0.3 is 15.6 Å². The number of phenolic OH excluding ortho intramolecular Hbond substituents is 1. The van der Waals surface area contributed by atoms with Crippen LogP contribution in [0.4, 0.5) is 10.1 Å². The summed E-state index contributed by atoms with van der Waals surface area (Å²) in [4.78, 5) is -0.510. The van der Waals surface area contributed by atoms with Gasteiger partial charge in [-0.15, -0.1) is 0 Å². The van der Waals surface area contributed by atoms with E-state index in [4.69, 9.17) is 22.1 Å². The number of halogens is 2. The molecule has 2 atom stereocenters. The minimum Gasteiger partial charge on any atom is -0.504 e. The largest absolute Gasteiger partial charge is 0.504 e. The molecule has 5 nitrogen and oxygen atoms in total. The highest BCUT2D eigenvalue weighted by Crippen LogP contribution is 2.39. The first-order valence-corrected chi connectivity index (χ1v) is 7.50. The van der Waals surface area contributed by atoms with E-state index in [0.717, 1.165) is 0 Å². The molecule has 106 valence electrons. The van der Waals surface area contributed by atoms with Crippen molar-refractivity contribution in [3.8, 4) is 5.75 Å². The second-order valence-corrected chi connectivity index (χ2v) is 6.79. The maximum absolute atomic E-state index is 13.7. The van der Waals surface area contributed by atoms with E-state index in [9.17, 15) is 17.9 Å². The van der Waals surface area contributed by atoms with Gasteiger partial charge in [0.25, 0.3) is 0 Å². The van der Waals surface area contributed by atoms with Gasteiger partial charge in [-0.2, -0.15) is 0 Å². The van der Waals surface area contributed by atoms with Crippen LogP contribution in [0.15, 0.2) is 17.0 Å². The summed E-state index contributed by atoms with van der Waals surface area (Å²) < 4.78 is 43.4. The topological polar surface area (TPSA) is 89.6 Å². The van der Waals surface area contributed by atoms with E-state index in [0.29, 0.717) is 0 Å². The average Bonchev–Trinajstić information content (AvgIpc) is 2.34. The summed E-state index contributed by atoms with van der Waals surface area (Å²) in [5.41, 5.74) is 5.34. The number of hydrogen-bond acceptors (Lipinski definition) is 5. The first kappa shape index (κ1) is 14.4. The van der Waals surface area contributed by atoms with Crippen molar-refractivity contribution in [1.82, 2.24) is 0 Å². The molecule has 19 heavy (non-hydrogen) atoms. The van der Waals surface area contributed by atoms with Crippen LogP contribution in [0.1, 0.15) is 6.42 Å². The van der Waals surface area contributed by atoms with Crippen LogP contribution in [0.2, 0.25) is 5.02 Å². The lowest BCUT2D eigenvalue weighted by Crippen LogP contribution is -2.39. The van der Waals surface area contributed by atoms with E-state index in [2.05, 4.69) is 0 Å². The van der Waals surface area contributed by atoms with Crippen LogP contribution in [-0.4, -0.2) is 38.2 Å². The van der Waals surface area contributed by atoms with Gasteiger partial charge in [0.05, 0.1) is 17.3 Å². The Labute approximate surface area is 115 Å². The molecule has 8 heteroatoms. The molecule has 0 bridgehead atoms. The number of benzene rings is 1. The highest BCUT2D eigenvalue weighted by Gasteiger charge is 2.40. The number of nitrogen functional groups attached to an aromatic ring is 1. The minimum atomic E-state index is -4.11. The van der Waals surface area contributed by atoms with Crippen molar-refractivity contribution < 1.29 is 22.7 Å². The average molecular weight is 310 g/mol. The molecule has 0 unspecified atom stereocenters. The van der Waals surface area contributed by atoms with Crippen molar-refractivity contribution in [3.05, 3.63) is 17.2 Å². The molecule has 0 aromatic heterocycles. The predicted molar refractivity (Wildman–Crippen MR) is 68.8 cm³/mol. The van der Waals surface area contributed by atoms with E-state index < -0.39 is 31.9 Å². The van der Waals surface area contributed by atoms with Crippen molar-refractivity contribution in [2.24, 2.45) is 0 Å². The zero-order chi connectivity index (χ0) is 14.2. The third-order valence-electron chi connectivity index (χ3n) is 3.02. The SMILES string of the molecule is Nc1ccc(Cl)c(S(=O)(=O)[C@@H]2CCOC[C@H]2F)c1O. The maximum Gasteiger partial charge on any atom is 0.189 e. The van der Waals surface area contributed by atoms with Gasteiger partial charge in [0.1, 0.15) is 16.3 Å². The van der Waals surface area contributed by atoms with E-state index >= 15 is 0 Å². The molecule has 1 saturated heterocycles. The number of sulfone groups is 1. The number of phenols is 1. The minimum absolute atomic E-state index is 0.00800. The fraction of sp³-hybridized carbons (Fsp3) is 0.455. The highest BCUT2D eigenvalue weighted by molar-refractivity contribution is 7.92. The number of hydrogen-bond donors (Lipinski definition) is 2. The Hall–Kier alpha value is -1.05. The standard InChI is InChI=1S/C11H13ClFNO4S/c12-6-1-2-8(14)10(15)11(6)19(16,17)9-3-4-18-5-7(9)13/h1-2,7,9,15H,3-5,14H2/t7-,9-/m1/s1. The molecule has 1 aromatic carbocycles. The zero-order valence-electron chi connectivity index (χ0n) is 9.84. The number of alkyl halides is 1. The Bertz CT molecular complexity index is 593. The number of rotatable bonds is 2. The molecule has 0 amide bonds. The predicted octanol–water partition coefficient (Wildman–Crippen LogP) is 1.53. The maximum atomic E-state index is 13.7. The van der Waals surface area contributed by atoms with Gasteiger partial charge in [-0.25, -0.2) is 12.8 Å². The lowest BCUT2D eigenvalue weighted by atomic mass is 10.2. The molecule has 1 fully saturated rings. The Kier molecular flexibility index (Phi) is 3.89. The normalized spacial score (nSPS) is 24.3. The van der Waals surface area contributed by atoms with Crippen LogP contribution in [0.5, 0.6) is 5.75 Å². The molecule has 0 radical (unpaired) electrons. The van der Waals surface area contributed by atoms with Gasteiger partial charge in [0.15, 0.2) is 15.6 Å². The van der Waals surface area contributed by atoms with E-state index in [1.165, 1.54) is 12.1 Å². The monoisotopic (exact) mass is 309 g/mol. The fourth-order valence-corrected chi connectivity index (χ4v) is 4.40. The summed E-state index contributed by atoms with van der Waals surface area (Å²) >= 11 is 5.80. The smallest absolute Gasteiger partial charge is 0.189 e. The van der Waals surface area contributed by atoms with Gasteiger partial charge in [0, 0.05) is 6.61 Å². The number of aromatic hydroxyl groups is 1. The van der Waals surface area contributed by atoms with Gasteiger partial charge in [-0.05, 0) is 18.6 Å². The molecule has 0 aliphatic carbocycles. The Morgan fingerprint density at radius 3 is 2.79 bits per heavy atom. The lowest BCUT2D eigenvalue weighted by molar-refractivity contribution is 0.0390. The van der Waals surface area contributed by atoms with Crippen molar-refractivity contribution in [2.45, 2.75) is 22.7 Å². The molecule has 1 aromatic rings. The molecule has 1 heterocycles. The second-order valence-electron chi connectivity index (χ2n) is 4.28. The first-order valence-electron chi connectivity index (χ1n) is 5.58. The van der Waals surface area contributed by atoms with E-state index in [1.54, 1.807) is 0 Å². The van der Waals surface area contributed by atoms with Crippen LogP contribution < -0.4 is 5.73 Å². The van der Waals surface area contributed by atoms with Crippen molar-refractivity contribution >= 4 is 27.1 Å². The Morgan fingerprint density at radius 1 is 1.47 bits per heavy atom. The van der Waals surface area contributed by atoms with Crippen LogP contribution >= 0.6 is 11.6 Å². The van der Waals surface area contributed by atoms with E-state index in [-0.39, 0.29) is 30.3 Å². The summed E-state index contributed by atoms with van der Waals surface area (Å²) in [6.45, 7) is -0.143. The summed E-state index contributed by atoms with van der Waals surface area (Å²) in [6.07, 6.45) is -1.65. The first-order chi connectivity index (χ1) is 8.85. The summed E-state index contributed by atoms with van der Waals surface area (Å²) in [5, 5.41) is 8.33. The molecule has 3 N–H and O–H groups in total. The van der Waals surface area contributed by atoms with Gasteiger partial charge in [-0.3, -0.25) is 0 Å². The Morgan fingerprint density at radius 2 is 2.16 bits per heavy atom. The second kappa shape index (κ2) is 5.15. The summed E-state index contributed by atoms with van der Waals surface area (Å²) in [5.74, 6) is -0.633. The van der Waals surface area contributed by atoms with Crippen molar-refractivity contribution in [1.29, 1.82) is 0 Å². The molecule has 0 spiro atoms. The van der Waals surface area contributed by atoms with Crippen LogP contribution in [-0.2, 0) is 14.6 Å². The molecule has 1 aliphatic heterocycles. The van der Waals surface area contributed by atoms with Gasteiger partial charge in [0.2, 0.25) is 0 Å². The quantitative estimate of drug-likeness (QED) is 0.639. The number of ether oxygens (including phenoxy) is 1. The Balaban J connectivity index is 2.53. The molecule has 0 saturated carbocycles. The van der Waals surface area contributed by atoms with E-state index in [1.807, 2.05) is 0 Å². The van der Waals surface area contributed by atoms with Crippen LogP contribution in [0.25, 0.3) is 0 Å². The number of nitrogens with two attached hydrogens (primary N) is 1. The molecular weight excluding hydrogens is 297 g/mol. The zero-order valence-corrected chi connectivity index (χ0v) is 11.4. The van der Waals surface area contributed by atoms with Crippen LogP contribution in [0.3, 0.4) is 0 Å². The van der Waals surface area contributed by atoms with Gasteiger partial charge in [-0.1, -0.05) is 11.6 Å². The fourth-order valence-electron chi connectivity index (χ4n) is 2.02. The van der Waals surface area contributed by atoms with Crippen molar-refractivity contribution in [3.63, 3.8) is 0 Å². The molecular formula is C11H13ClFNO4S. The molecule has 2 rings (SSSR count). The third kappa shape index (κ3) is 2.50. The van der Waals surface area contributed by atoms with Gasteiger partial charge >= 0.3 is 0 Å². The number of anilines is 1. The van der Waals surface area contributed by atoms with Crippen LogP contribution in [0, 0.1) is 0 Å². The highest BCUT2D eigenvalue weighted by atomic mass is 35.5. The molecule has 1 aliphatic rings. The third-order valence-corrected chi connectivity index (χ3v) is 5.76. The van der Waals surface area contributed by atoms with Crippen molar-refractivity contribution in [2.75, 3.05) is 18.9 Å². The summed E-state index contributed by atoms with van der Waals surface area (Å²) in [6, 6.07) is 2.55. The summed E-state index contributed by atoms with van der Waals surface area (Å²) in [7, 11) is -4.11. The lowest BCUT2D eigenvalue weighted by Gasteiger charge is -2.26.